The normalized spacial score (nSPS) is 15.2. The smallest absolute Gasteiger partial charge is 0.238 e. The molecule has 1 aromatic carbocycles. The molecular weight excluding hydrogens is 224 g/mol. The van der Waals surface area contributed by atoms with Gasteiger partial charge in [-0.2, -0.15) is 0 Å². The summed E-state index contributed by atoms with van der Waals surface area (Å²) in [6.07, 6.45) is 5.34. The first-order valence-electron chi connectivity index (χ1n) is 6.81. The number of aryl methyl sites for hydroxylation is 1. The number of carbonyl (C=O) groups is 1. The third kappa shape index (κ3) is 4.15. The average molecular weight is 246 g/mol. The molecular formula is C15H22N2O. The molecule has 0 aromatic heterocycles. The van der Waals surface area contributed by atoms with Crippen molar-refractivity contribution >= 4 is 11.6 Å². The molecule has 0 spiro atoms. The summed E-state index contributed by atoms with van der Waals surface area (Å²) >= 11 is 0. The van der Waals surface area contributed by atoms with Gasteiger partial charge < -0.3 is 10.6 Å². The van der Waals surface area contributed by atoms with E-state index in [1.54, 1.807) is 0 Å². The average Bonchev–Trinajstić information content (AvgIpc) is 2.29. The summed E-state index contributed by atoms with van der Waals surface area (Å²) in [5.74, 6) is 0.935. The van der Waals surface area contributed by atoms with E-state index in [1.807, 2.05) is 31.2 Å². The minimum atomic E-state index is 0.0347. The van der Waals surface area contributed by atoms with E-state index in [0.29, 0.717) is 6.54 Å². The van der Waals surface area contributed by atoms with Crippen LogP contribution in [0.15, 0.2) is 24.3 Å². The molecule has 1 fully saturated rings. The third-order valence-corrected chi connectivity index (χ3v) is 3.57. The molecule has 1 aliphatic rings. The van der Waals surface area contributed by atoms with Crippen LogP contribution in [0.3, 0.4) is 0 Å². The van der Waals surface area contributed by atoms with Crippen LogP contribution in [0.5, 0.6) is 0 Å². The molecule has 0 heterocycles. The molecule has 2 N–H and O–H groups in total. The summed E-state index contributed by atoms with van der Waals surface area (Å²) in [5.41, 5.74) is 2.07. The van der Waals surface area contributed by atoms with Gasteiger partial charge in [0.15, 0.2) is 0 Å². The number of benzene rings is 1. The Balaban J connectivity index is 1.60. The van der Waals surface area contributed by atoms with Crippen LogP contribution in [-0.2, 0) is 4.79 Å². The van der Waals surface area contributed by atoms with Crippen LogP contribution in [0.2, 0.25) is 0 Å². The van der Waals surface area contributed by atoms with Crippen molar-refractivity contribution in [3.63, 3.8) is 0 Å². The van der Waals surface area contributed by atoms with Crippen molar-refractivity contribution in [2.75, 3.05) is 18.4 Å². The van der Waals surface area contributed by atoms with Crippen molar-refractivity contribution < 1.29 is 4.79 Å². The summed E-state index contributed by atoms with van der Waals surface area (Å²) in [6, 6.07) is 7.86. The van der Waals surface area contributed by atoms with Crippen LogP contribution in [0, 0.1) is 12.8 Å². The van der Waals surface area contributed by atoms with E-state index < -0.39 is 0 Å². The van der Waals surface area contributed by atoms with E-state index in [1.165, 1.54) is 31.2 Å². The lowest BCUT2D eigenvalue weighted by molar-refractivity contribution is -0.115. The van der Waals surface area contributed by atoms with E-state index in [0.717, 1.165) is 18.2 Å². The highest BCUT2D eigenvalue weighted by Gasteiger charge is 2.16. The van der Waals surface area contributed by atoms with Crippen molar-refractivity contribution in [1.82, 2.24) is 5.32 Å². The molecule has 1 aliphatic carbocycles. The fourth-order valence-corrected chi connectivity index (χ4v) is 2.13. The summed E-state index contributed by atoms with van der Waals surface area (Å²) < 4.78 is 0. The van der Waals surface area contributed by atoms with Crippen LogP contribution in [0.25, 0.3) is 0 Å². The van der Waals surface area contributed by atoms with Crippen molar-refractivity contribution in [3.05, 3.63) is 29.8 Å². The zero-order valence-electron chi connectivity index (χ0n) is 11.0. The molecule has 98 valence electrons. The van der Waals surface area contributed by atoms with E-state index in [2.05, 4.69) is 10.6 Å². The van der Waals surface area contributed by atoms with Crippen molar-refractivity contribution in [3.8, 4) is 0 Å². The van der Waals surface area contributed by atoms with Gasteiger partial charge >= 0.3 is 0 Å². The molecule has 0 radical (unpaired) electrons. The summed E-state index contributed by atoms with van der Waals surface area (Å²) in [6.45, 7) is 3.39. The number of nitrogens with one attached hydrogen (secondary N) is 2. The van der Waals surface area contributed by atoms with Crippen molar-refractivity contribution in [2.24, 2.45) is 5.92 Å². The molecule has 2 rings (SSSR count). The van der Waals surface area contributed by atoms with Crippen LogP contribution < -0.4 is 10.6 Å². The lowest BCUT2D eigenvalue weighted by Crippen LogP contribution is -2.30. The largest absolute Gasteiger partial charge is 0.325 e. The Labute approximate surface area is 109 Å². The number of carbonyl (C=O) groups excluding carboxylic acids is 1. The highest BCUT2D eigenvalue weighted by molar-refractivity contribution is 5.92. The standard InChI is InChI=1S/C15H22N2O/c1-12-5-7-14(8-6-12)17-15(18)11-16-10-9-13-3-2-4-13/h5-8,13,16H,2-4,9-11H2,1H3,(H,17,18). The first-order chi connectivity index (χ1) is 8.74. The quantitative estimate of drug-likeness (QED) is 0.758. The Bertz CT molecular complexity index is 382. The Morgan fingerprint density at radius 2 is 2.00 bits per heavy atom. The Hall–Kier alpha value is -1.35. The van der Waals surface area contributed by atoms with Gasteiger partial charge in [-0.25, -0.2) is 0 Å². The molecule has 1 aromatic rings. The first-order valence-corrected chi connectivity index (χ1v) is 6.81. The third-order valence-electron chi connectivity index (χ3n) is 3.57. The lowest BCUT2D eigenvalue weighted by Gasteiger charge is -2.25. The van der Waals surface area contributed by atoms with E-state index in [-0.39, 0.29) is 5.91 Å². The molecule has 3 nitrogen and oxygen atoms in total. The molecule has 0 bridgehead atoms. The van der Waals surface area contributed by atoms with Gasteiger partial charge in [0.1, 0.15) is 0 Å². The number of hydrogen-bond acceptors (Lipinski definition) is 2. The van der Waals surface area contributed by atoms with Gasteiger partial charge in [-0.15, -0.1) is 0 Å². The number of hydrogen-bond donors (Lipinski definition) is 2. The van der Waals surface area contributed by atoms with E-state index >= 15 is 0 Å². The minimum Gasteiger partial charge on any atom is -0.325 e. The topological polar surface area (TPSA) is 41.1 Å². The molecule has 0 saturated heterocycles. The van der Waals surface area contributed by atoms with Crippen molar-refractivity contribution in [1.29, 1.82) is 0 Å². The molecule has 0 aliphatic heterocycles. The van der Waals surface area contributed by atoms with Crippen molar-refractivity contribution in [2.45, 2.75) is 32.6 Å². The second kappa shape index (κ2) is 6.55. The van der Waals surface area contributed by atoms with Gasteiger partial charge in [0.2, 0.25) is 5.91 Å². The van der Waals surface area contributed by atoms with E-state index in [9.17, 15) is 4.79 Å². The molecule has 0 unspecified atom stereocenters. The monoisotopic (exact) mass is 246 g/mol. The summed E-state index contributed by atoms with van der Waals surface area (Å²) in [4.78, 5) is 11.7. The number of anilines is 1. The van der Waals surface area contributed by atoms with Gasteiger partial charge in [0, 0.05) is 5.69 Å². The van der Waals surface area contributed by atoms with Gasteiger partial charge in [-0.3, -0.25) is 4.79 Å². The maximum Gasteiger partial charge on any atom is 0.238 e. The fraction of sp³-hybridized carbons (Fsp3) is 0.533. The first kappa shape index (κ1) is 13.1. The van der Waals surface area contributed by atoms with E-state index in [4.69, 9.17) is 0 Å². The molecule has 1 amide bonds. The molecule has 18 heavy (non-hydrogen) atoms. The Morgan fingerprint density at radius 1 is 1.28 bits per heavy atom. The zero-order valence-corrected chi connectivity index (χ0v) is 11.0. The minimum absolute atomic E-state index is 0.0347. The molecule has 1 saturated carbocycles. The fourth-order valence-electron chi connectivity index (χ4n) is 2.13. The zero-order chi connectivity index (χ0) is 12.8. The Kier molecular flexibility index (Phi) is 4.76. The van der Waals surface area contributed by atoms with Crippen LogP contribution >= 0.6 is 0 Å². The SMILES string of the molecule is Cc1ccc(NC(=O)CNCCC2CCC2)cc1. The predicted molar refractivity (Wildman–Crippen MR) is 74.6 cm³/mol. The highest BCUT2D eigenvalue weighted by Crippen LogP contribution is 2.28. The van der Waals surface area contributed by atoms with Crippen LogP contribution in [0.1, 0.15) is 31.2 Å². The summed E-state index contributed by atoms with van der Waals surface area (Å²) in [7, 11) is 0. The second-order valence-corrected chi connectivity index (χ2v) is 5.18. The van der Waals surface area contributed by atoms with Crippen LogP contribution in [-0.4, -0.2) is 19.0 Å². The molecule has 0 atom stereocenters. The van der Waals surface area contributed by atoms with Gasteiger partial charge in [-0.1, -0.05) is 37.0 Å². The maximum absolute atomic E-state index is 11.7. The number of rotatable bonds is 6. The number of amides is 1. The maximum atomic E-state index is 11.7. The van der Waals surface area contributed by atoms with Gasteiger partial charge in [-0.05, 0) is 37.9 Å². The Morgan fingerprint density at radius 3 is 2.61 bits per heavy atom. The van der Waals surface area contributed by atoms with Gasteiger partial charge in [0.25, 0.3) is 0 Å². The molecule has 3 heteroatoms. The second-order valence-electron chi connectivity index (χ2n) is 5.18. The lowest BCUT2D eigenvalue weighted by atomic mass is 9.83. The highest BCUT2D eigenvalue weighted by atomic mass is 16.1. The summed E-state index contributed by atoms with van der Waals surface area (Å²) in [5, 5.41) is 6.09. The predicted octanol–water partition coefficient (Wildman–Crippen LogP) is 2.71. The van der Waals surface area contributed by atoms with Crippen LogP contribution in [0.4, 0.5) is 5.69 Å². The van der Waals surface area contributed by atoms with Gasteiger partial charge in [0.05, 0.1) is 6.54 Å².